The first-order valence-corrected chi connectivity index (χ1v) is 6.62. The molecule has 2 nitrogen and oxygen atoms in total. The molecule has 0 aromatic carbocycles. The highest BCUT2D eigenvalue weighted by atomic mass is 31.2. The van der Waals surface area contributed by atoms with Crippen LogP contribution in [-0.2, 0) is 9.09 Å². The number of unbranched alkanes of at least 4 members (excludes halogenated alkanes) is 1. The predicted octanol–water partition coefficient (Wildman–Crippen LogP) is 3.66. The molecule has 6 heteroatoms. The number of rotatable bonds is 6. The van der Waals surface area contributed by atoms with Gasteiger partial charge in [-0.3, -0.25) is 4.57 Å². The van der Waals surface area contributed by atoms with E-state index in [2.05, 4.69) is 4.52 Å². The fourth-order valence-electron chi connectivity index (χ4n) is 0.904. The van der Waals surface area contributed by atoms with Gasteiger partial charge >= 0.3 is 6.18 Å². The van der Waals surface area contributed by atoms with Crippen LogP contribution in [0.1, 0.15) is 26.7 Å². The summed E-state index contributed by atoms with van der Waals surface area (Å²) >= 11 is 0. The summed E-state index contributed by atoms with van der Waals surface area (Å²) in [6, 6.07) is 0. The van der Waals surface area contributed by atoms with Crippen LogP contribution >= 0.6 is 7.37 Å². The van der Waals surface area contributed by atoms with Crippen LogP contribution in [0.3, 0.4) is 0 Å². The summed E-state index contributed by atoms with van der Waals surface area (Å²) in [6.07, 6.45) is -2.53. The lowest BCUT2D eigenvalue weighted by atomic mass is 10.4. The third kappa shape index (κ3) is 6.44. The molecule has 0 rings (SSSR count). The van der Waals surface area contributed by atoms with Crippen molar-refractivity contribution in [3.05, 3.63) is 0 Å². The lowest BCUT2D eigenvalue weighted by Gasteiger charge is -2.17. The minimum Gasteiger partial charge on any atom is -0.319 e. The van der Waals surface area contributed by atoms with E-state index < -0.39 is 20.2 Å². The van der Waals surface area contributed by atoms with Crippen LogP contribution in [0.2, 0.25) is 0 Å². The number of hydrogen-bond donors (Lipinski definition) is 0. The van der Waals surface area contributed by atoms with Gasteiger partial charge in [-0.1, -0.05) is 20.3 Å². The van der Waals surface area contributed by atoms with Crippen molar-refractivity contribution in [2.45, 2.75) is 32.9 Å². The molecular weight excluding hydrogens is 216 g/mol. The Morgan fingerprint density at radius 1 is 1.29 bits per heavy atom. The van der Waals surface area contributed by atoms with Crippen molar-refractivity contribution in [1.29, 1.82) is 0 Å². The molecule has 0 aliphatic rings. The predicted molar refractivity (Wildman–Crippen MR) is 49.9 cm³/mol. The maximum absolute atomic E-state index is 11.8. The Labute approximate surface area is 82.3 Å². The second-order valence-electron chi connectivity index (χ2n) is 3.10. The Bertz CT molecular complexity index is 203. The summed E-state index contributed by atoms with van der Waals surface area (Å²) in [6.45, 7) is 2.08. The average molecular weight is 232 g/mol. The van der Waals surface area contributed by atoms with Crippen LogP contribution in [-0.4, -0.2) is 25.1 Å². The Kier molecular flexibility index (Phi) is 5.75. The van der Waals surface area contributed by atoms with Crippen molar-refractivity contribution in [1.82, 2.24) is 0 Å². The molecule has 0 aliphatic heterocycles. The molecule has 0 saturated carbocycles. The zero-order chi connectivity index (χ0) is 11.2. The highest BCUT2D eigenvalue weighted by Crippen LogP contribution is 2.48. The smallest absolute Gasteiger partial charge is 0.319 e. The van der Waals surface area contributed by atoms with E-state index in [0.29, 0.717) is 6.42 Å². The zero-order valence-electron chi connectivity index (χ0n) is 8.43. The Balaban J connectivity index is 4.06. The molecule has 0 bridgehead atoms. The van der Waals surface area contributed by atoms with Crippen molar-refractivity contribution in [3.63, 3.8) is 0 Å². The van der Waals surface area contributed by atoms with E-state index in [-0.39, 0.29) is 12.3 Å². The van der Waals surface area contributed by atoms with Crippen LogP contribution in [0.4, 0.5) is 13.2 Å². The topological polar surface area (TPSA) is 26.3 Å². The molecule has 0 fully saturated rings. The normalized spacial score (nSPS) is 16.6. The highest BCUT2D eigenvalue weighted by Gasteiger charge is 2.32. The molecule has 0 N–H and O–H groups in total. The molecule has 0 saturated heterocycles. The van der Waals surface area contributed by atoms with E-state index in [9.17, 15) is 17.7 Å². The molecule has 14 heavy (non-hydrogen) atoms. The van der Waals surface area contributed by atoms with Crippen molar-refractivity contribution in [3.8, 4) is 0 Å². The van der Waals surface area contributed by atoms with E-state index in [0.717, 1.165) is 6.42 Å². The van der Waals surface area contributed by atoms with Crippen LogP contribution in [0.5, 0.6) is 0 Å². The zero-order valence-corrected chi connectivity index (χ0v) is 9.33. The first-order chi connectivity index (χ1) is 6.33. The Morgan fingerprint density at radius 3 is 2.21 bits per heavy atom. The van der Waals surface area contributed by atoms with Gasteiger partial charge in [0.2, 0.25) is 7.37 Å². The van der Waals surface area contributed by atoms with Crippen LogP contribution in [0.15, 0.2) is 0 Å². The van der Waals surface area contributed by atoms with Gasteiger partial charge in [-0.15, -0.1) is 0 Å². The fraction of sp³-hybridized carbons (Fsp3) is 1.00. The van der Waals surface area contributed by atoms with Gasteiger partial charge in [0.25, 0.3) is 0 Å². The highest BCUT2D eigenvalue weighted by molar-refractivity contribution is 7.58. The third-order valence-electron chi connectivity index (χ3n) is 1.80. The minimum absolute atomic E-state index is 0.170. The summed E-state index contributed by atoms with van der Waals surface area (Å²) < 4.78 is 51.5. The van der Waals surface area contributed by atoms with Crippen LogP contribution in [0, 0.1) is 0 Å². The first kappa shape index (κ1) is 14.0. The minimum atomic E-state index is -4.39. The summed E-state index contributed by atoms with van der Waals surface area (Å²) in [5, 5.41) is 0. The quantitative estimate of drug-likeness (QED) is 0.653. The second-order valence-corrected chi connectivity index (χ2v) is 6.06. The molecule has 1 atom stereocenters. The van der Waals surface area contributed by atoms with Gasteiger partial charge in [-0.05, 0) is 6.42 Å². The standard InChI is InChI=1S/C8H16F3O2P/c1-3-5-6-14(12,4-2)13-7-8(9,10)11/h3-7H2,1-2H3. The van der Waals surface area contributed by atoms with Gasteiger partial charge < -0.3 is 4.52 Å². The molecule has 0 aromatic heterocycles. The molecular formula is C8H16F3O2P. The lowest BCUT2D eigenvalue weighted by Crippen LogP contribution is -2.17. The van der Waals surface area contributed by atoms with Gasteiger partial charge in [-0.2, -0.15) is 13.2 Å². The van der Waals surface area contributed by atoms with Gasteiger partial charge in [0.05, 0.1) is 0 Å². The summed E-state index contributed by atoms with van der Waals surface area (Å²) in [5.41, 5.74) is 0. The largest absolute Gasteiger partial charge is 0.412 e. The van der Waals surface area contributed by atoms with Crippen molar-refractivity contribution in [2.24, 2.45) is 0 Å². The molecule has 0 aliphatic carbocycles. The number of hydrogen-bond acceptors (Lipinski definition) is 2. The van der Waals surface area contributed by atoms with Crippen LogP contribution in [0.25, 0.3) is 0 Å². The molecule has 0 amide bonds. The molecule has 0 heterocycles. The Hall–Kier alpha value is -0.0200. The van der Waals surface area contributed by atoms with Gasteiger partial charge in [0.1, 0.15) is 6.61 Å². The monoisotopic (exact) mass is 232 g/mol. The maximum atomic E-state index is 11.8. The lowest BCUT2D eigenvalue weighted by molar-refractivity contribution is -0.153. The Morgan fingerprint density at radius 2 is 1.86 bits per heavy atom. The van der Waals surface area contributed by atoms with E-state index in [1.54, 1.807) is 6.92 Å². The van der Waals surface area contributed by atoms with Crippen molar-refractivity contribution in [2.75, 3.05) is 18.9 Å². The summed E-state index contributed by atoms with van der Waals surface area (Å²) in [5.74, 6) is 0. The SMILES string of the molecule is CCCCP(=O)(CC)OCC(F)(F)F. The number of alkyl halides is 3. The fourth-order valence-corrected chi connectivity index (χ4v) is 2.71. The van der Waals surface area contributed by atoms with E-state index >= 15 is 0 Å². The molecule has 86 valence electrons. The molecule has 1 unspecified atom stereocenters. The van der Waals surface area contributed by atoms with Gasteiger partial charge in [0.15, 0.2) is 0 Å². The van der Waals surface area contributed by atoms with Crippen molar-refractivity contribution < 1.29 is 22.3 Å². The average Bonchev–Trinajstić information content (AvgIpc) is 2.10. The number of halogens is 3. The van der Waals surface area contributed by atoms with E-state index in [4.69, 9.17) is 0 Å². The van der Waals surface area contributed by atoms with Crippen molar-refractivity contribution >= 4 is 7.37 Å². The van der Waals surface area contributed by atoms with Gasteiger partial charge in [0, 0.05) is 12.3 Å². The van der Waals surface area contributed by atoms with E-state index in [1.165, 1.54) is 0 Å². The maximum Gasteiger partial charge on any atom is 0.412 e. The molecule has 0 spiro atoms. The van der Waals surface area contributed by atoms with E-state index in [1.807, 2.05) is 6.92 Å². The summed E-state index contributed by atoms with van der Waals surface area (Å²) in [7, 11) is -3.03. The molecule has 0 radical (unpaired) electrons. The first-order valence-electron chi connectivity index (χ1n) is 4.62. The second kappa shape index (κ2) is 5.76. The van der Waals surface area contributed by atoms with Gasteiger partial charge in [-0.25, -0.2) is 0 Å². The molecule has 0 aromatic rings. The third-order valence-corrected chi connectivity index (χ3v) is 4.36. The summed E-state index contributed by atoms with van der Waals surface area (Å²) in [4.78, 5) is 0. The van der Waals surface area contributed by atoms with Crippen LogP contribution < -0.4 is 0 Å².